The van der Waals surface area contributed by atoms with E-state index in [2.05, 4.69) is 0 Å². The van der Waals surface area contributed by atoms with E-state index < -0.39 is 0 Å². The van der Waals surface area contributed by atoms with Crippen LogP contribution in [0.4, 0.5) is 0 Å². The highest BCUT2D eigenvalue weighted by Crippen LogP contribution is 2.29. The van der Waals surface area contributed by atoms with Gasteiger partial charge < -0.3 is 4.42 Å². The zero-order chi connectivity index (χ0) is 11.7. The Kier molecular flexibility index (Phi) is 2.75. The Morgan fingerprint density at radius 3 is 2.31 bits per heavy atom. The Labute approximate surface area is 96.7 Å². The molecule has 0 aliphatic rings. The van der Waals surface area contributed by atoms with Crippen LogP contribution in [0.5, 0.6) is 0 Å². The predicted octanol–water partition coefficient (Wildman–Crippen LogP) is 3.41. The van der Waals surface area contributed by atoms with Crippen molar-refractivity contribution in [2.45, 2.75) is 13.8 Å². The summed E-state index contributed by atoms with van der Waals surface area (Å²) in [6.07, 6.45) is 0. The van der Waals surface area contributed by atoms with Crippen LogP contribution >= 0.6 is 11.3 Å². The van der Waals surface area contributed by atoms with E-state index in [0.29, 0.717) is 16.4 Å². The Morgan fingerprint density at radius 2 is 1.81 bits per heavy atom. The van der Waals surface area contributed by atoms with Crippen molar-refractivity contribution in [2.75, 3.05) is 0 Å². The molecule has 0 saturated carbocycles. The molecule has 0 bridgehead atoms. The first kappa shape index (κ1) is 10.8. The van der Waals surface area contributed by atoms with E-state index in [1.165, 1.54) is 25.2 Å². The molecule has 0 saturated heterocycles. The lowest BCUT2D eigenvalue weighted by atomic mass is 10.3. The lowest BCUT2D eigenvalue weighted by molar-refractivity contribution is 0.0986. The summed E-state index contributed by atoms with van der Waals surface area (Å²) in [6, 6.07) is 6.97. The van der Waals surface area contributed by atoms with E-state index in [1.54, 1.807) is 18.2 Å². The molecule has 0 unspecified atom stereocenters. The quantitative estimate of drug-likeness (QED) is 0.764. The molecule has 0 atom stereocenters. The molecule has 0 aromatic carbocycles. The van der Waals surface area contributed by atoms with Crippen LogP contribution in [0.1, 0.15) is 34.1 Å². The SMILES string of the molecule is CC(=O)c1ccc(-c2ccc(C(C)=O)s2)o1. The maximum atomic E-state index is 11.1. The highest BCUT2D eigenvalue weighted by atomic mass is 32.1. The summed E-state index contributed by atoms with van der Waals surface area (Å²) in [5.41, 5.74) is 0. The van der Waals surface area contributed by atoms with E-state index in [0.717, 1.165) is 4.88 Å². The van der Waals surface area contributed by atoms with Crippen molar-refractivity contribution in [2.24, 2.45) is 0 Å². The fourth-order valence-corrected chi connectivity index (χ4v) is 2.18. The van der Waals surface area contributed by atoms with Gasteiger partial charge in [-0.2, -0.15) is 0 Å². The Hall–Kier alpha value is -1.68. The Morgan fingerprint density at radius 1 is 1.06 bits per heavy atom. The summed E-state index contributed by atoms with van der Waals surface area (Å²) >= 11 is 1.36. The van der Waals surface area contributed by atoms with Gasteiger partial charge in [0, 0.05) is 6.92 Å². The smallest absolute Gasteiger partial charge is 0.194 e. The maximum absolute atomic E-state index is 11.1. The van der Waals surface area contributed by atoms with Gasteiger partial charge >= 0.3 is 0 Å². The van der Waals surface area contributed by atoms with E-state index in [4.69, 9.17) is 4.42 Å². The third-order valence-corrected chi connectivity index (χ3v) is 3.35. The average Bonchev–Trinajstić information content (AvgIpc) is 2.86. The first-order valence-corrected chi connectivity index (χ1v) is 5.61. The monoisotopic (exact) mass is 234 g/mol. The third kappa shape index (κ3) is 1.97. The second kappa shape index (κ2) is 4.06. The van der Waals surface area contributed by atoms with Crippen LogP contribution in [0.15, 0.2) is 28.7 Å². The molecule has 0 fully saturated rings. The van der Waals surface area contributed by atoms with Crippen LogP contribution in [0, 0.1) is 0 Å². The first-order chi connectivity index (χ1) is 7.58. The van der Waals surface area contributed by atoms with Gasteiger partial charge in [0.2, 0.25) is 0 Å². The van der Waals surface area contributed by atoms with Gasteiger partial charge in [-0.15, -0.1) is 11.3 Å². The fourth-order valence-electron chi connectivity index (χ4n) is 1.32. The van der Waals surface area contributed by atoms with Gasteiger partial charge in [0.25, 0.3) is 0 Å². The van der Waals surface area contributed by atoms with Crippen molar-refractivity contribution < 1.29 is 14.0 Å². The summed E-state index contributed by atoms with van der Waals surface area (Å²) in [5.74, 6) is 0.902. The van der Waals surface area contributed by atoms with Gasteiger partial charge in [-0.25, -0.2) is 0 Å². The number of furan rings is 1. The maximum Gasteiger partial charge on any atom is 0.194 e. The lowest BCUT2D eigenvalue weighted by Gasteiger charge is -1.90. The Bertz CT molecular complexity index is 498. The lowest BCUT2D eigenvalue weighted by Crippen LogP contribution is -1.85. The zero-order valence-electron chi connectivity index (χ0n) is 8.94. The minimum Gasteiger partial charge on any atom is -0.452 e. The number of thiophene rings is 1. The molecule has 2 aromatic rings. The van der Waals surface area contributed by atoms with Crippen LogP contribution in [0.25, 0.3) is 10.6 Å². The topological polar surface area (TPSA) is 47.3 Å². The summed E-state index contributed by atoms with van der Waals surface area (Å²) < 4.78 is 5.37. The number of carbonyl (C=O) groups excluding carboxylic acids is 2. The third-order valence-electron chi connectivity index (χ3n) is 2.15. The van der Waals surface area contributed by atoms with Crippen molar-refractivity contribution in [1.82, 2.24) is 0 Å². The average molecular weight is 234 g/mol. The molecule has 2 heterocycles. The zero-order valence-corrected chi connectivity index (χ0v) is 9.76. The molecular formula is C12H10O3S. The van der Waals surface area contributed by atoms with E-state index in [9.17, 15) is 9.59 Å². The van der Waals surface area contributed by atoms with Crippen molar-refractivity contribution >= 4 is 22.9 Å². The normalized spacial score (nSPS) is 10.4. The molecule has 0 amide bonds. The van der Waals surface area contributed by atoms with Gasteiger partial charge in [0.15, 0.2) is 17.3 Å². The van der Waals surface area contributed by atoms with Crippen LogP contribution in [0.2, 0.25) is 0 Å². The minimum atomic E-state index is -0.102. The van der Waals surface area contributed by atoms with E-state index in [-0.39, 0.29) is 11.6 Å². The van der Waals surface area contributed by atoms with Crippen LogP contribution in [0.3, 0.4) is 0 Å². The van der Waals surface area contributed by atoms with Gasteiger partial charge in [-0.3, -0.25) is 9.59 Å². The van der Waals surface area contributed by atoms with Crippen molar-refractivity contribution in [3.63, 3.8) is 0 Å². The molecule has 2 rings (SSSR count). The van der Waals surface area contributed by atoms with E-state index in [1.807, 2.05) is 6.07 Å². The van der Waals surface area contributed by atoms with Crippen molar-refractivity contribution in [1.29, 1.82) is 0 Å². The second-order valence-corrected chi connectivity index (χ2v) is 4.52. The molecule has 16 heavy (non-hydrogen) atoms. The Balaban J connectivity index is 2.35. The largest absolute Gasteiger partial charge is 0.452 e. The summed E-state index contributed by atoms with van der Waals surface area (Å²) in [7, 11) is 0. The molecule has 0 radical (unpaired) electrons. The second-order valence-electron chi connectivity index (χ2n) is 3.44. The highest BCUT2D eigenvalue weighted by Gasteiger charge is 2.11. The van der Waals surface area contributed by atoms with Crippen LogP contribution in [-0.2, 0) is 0 Å². The molecule has 0 N–H and O–H groups in total. The molecule has 0 aliphatic carbocycles. The number of hydrogen-bond donors (Lipinski definition) is 0. The number of Topliss-reactive ketones (excluding diaryl/α,β-unsaturated/α-hetero) is 2. The predicted molar refractivity (Wildman–Crippen MR) is 62.0 cm³/mol. The van der Waals surface area contributed by atoms with Crippen LogP contribution in [-0.4, -0.2) is 11.6 Å². The summed E-state index contributed by atoms with van der Waals surface area (Å²) in [4.78, 5) is 23.7. The minimum absolute atomic E-state index is 0.0367. The highest BCUT2D eigenvalue weighted by molar-refractivity contribution is 7.17. The van der Waals surface area contributed by atoms with Crippen molar-refractivity contribution in [3.8, 4) is 10.6 Å². The standard InChI is InChI=1S/C12H10O3S/c1-7(13)9-3-4-10(15-9)12-6-5-11(16-12)8(2)14/h3-6H,1-2H3. The molecular weight excluding hydrogens is 224 g/mol. The molecule has 3 nitrogen and oxygen atoms in total. The molecule has 82 valence electrons. The fraction of sp³-hybridized carbons (Fsp3) is 0.167. The molecule has 4 heteroatoms. The van der Waals surface area contributed by atoms with Gasteiger partial charge in [0.1, 0.15) is 5.76 Å². The van der Waals surface area contributed by atoms with Gasteiger partial charge in [-0.1, -0.05) is 0 Å². The van der Waals surface area contributed by atoms with Gasteiger partial charge in [-0.05, 0) is 31.2 Å². The van der Waals surface area contributed by atoms with Crippen LogP contribution < -0.4 is 0 Å². The molecule has 0 spiro atoms. The van der Waals surface area contributed by atoms with E-state index >= 15 is 0 Å². The number of rotatable bonds is 3. The number of carbonyl (C=O) groups is 2. The number of ketones is 2. The summed E-state index contributed by atoms with van der Waals surface area (Å²) in [6.45, 7) is 2.98. The number of hydrogen-bond acceptors (Lipinski definition) is 4. The molecule has 0 aliphatic heterocycles. The molecule has 2 aromatic heterocycles. The van der Waals surface area contributed by atoms with Crippen molar-refractivity contribution in [3.05, 3.63) is 34.9 Å². The summed E-state index contributed by atoms with van der Waals surface area (Å²) in [5, 5.41) is 0. The first-order valence-electron chi connectivity index (χ1n) is 4.80. The van der Waals surface area contributed by atoms with Gasteiger partial charge in [0.05, 0.1) is 9.75 Å².